The summed E-state index contributed by atoms with van der Waals surface area (Å²) in [5, 5.41) is 13.8. The van der Waals surface area contributed by atoms with Gasteiger partial charge in [0.05, 0.1) is 9.82 Å². The highest BCUT2D eigenvalue weighted by Crippen LogP contribution is 2.21. The van der Waals surface area contributed by atoms with E-state index in [-0.39, 0.29) is 16.6 Å². The number of nitrogens with one attached hydrogen (secondary N) is 2. The van der Waals surface area contributed by atoms with Crippen LogP contribution >= 0.6 is 0 Å². The Morgan fingerprint density at radius 1 is 1.35 bits per heavy atom. The first-order valence-electron chi connectivity index (χ1n) is 6.38. The van der Waals surface area contributed by atoms with Gasteiger partial charge in [0.25, 0.3) is 5.69 Å². The molecule has 1 fully saturated rings. The number of nitro benzene ring substituents is 1. The Labute approximate surface area is 117 Å². The van der Waals surface area contributed by atoms with Crippen molar-refractivity contribution in [3.8, 4) is 0 Å². The van der Waals surface area contributed by atoms with Gasteiger partial charge in [-0.15, -0.1) is 0 Å². The first-order valence-corrected chi connectivity index (χ1v) is 7.86. The third kappa shape index (κ3) is 3.33. The Kier molecular flexibility index (Phi) is 4.36. The number of rotatable bonds is 4. The predicted molar refractivity (Wildman–Crippen MR) is 74.0 cm³/mol. The van der Waals surface area contributed by atoms with Crippen LogP contribution in [0.25, 0.3) is 0 Å². The van der Waals surface area contributed by atoms with Gasteiger partial charge in [0.2, 0.25) is 10.0 Å². The average Bonchev–Trinajstić information content (AvgIpc) is 2.38. The van der Waals surface area contributed by atoms with E-state index in [1.54, 1.807) is 6.92 Å². The zero-order chi connectivity index (χ0) is 14.8. The molecule has 2 rings (SSSR count). The molecule has 20 heavy (non-hydrogen) atoms. The van der Waals surface area contributed by atoms with Crippen LogP contribution in [0.3, 0.4) is 0 Å². The van der Waals surface area contributed by atoms with Crippen molar-refractivity contribution in [2.45, 2.75) is 30.7 Å². The normalized spacial score (nSPS) is 17.1. The molecule has 110 valence electrons. The zero-order valence-electron chi connectivity index (χ0n) is 11.1. The number of non-ortho nitro benzene ring substituents is 1. The molecule has 1 aliphatic heterocycles. The van der Waals surface area contributed by atoms with E-state index < -0.39 is 14.9 Å². The molecule has 1 aromatic rings. The van der Waals surface area contributed by atoms with Crippen molar-refractivity contribution in [2.24, 2.45) is 0 Å². The second kappa shape index (κ2) is 5.86. The fourth-order valence-corrected chi connectivity index (χ4v) is 3.80. The number of hydrogen-bond acceptors (Lipinski definition) is 5. The average molecular weight is 299 g/mol. The van der Waals surface area contributed by atoms with Crippen molar-refractivity contribution in [3.63, 3.8) is 0 Å². The van der Waals surface area contributed by atoms with Crippen LogP contribution in [-0.4, -0.2) is 32.5 Å². The van der Waals surface area contributed by atoms with Crippen molar-refractivity contribution in [2.75, 3.05) is 13.1 Å². The molecule has 7 nitrogen and oxygen atoms in total. The Morgan fingerprint density at radius 3 is 2.55 bits per heavy atom. The Morgan fingerprint density at radius 2 is 2.00 bits per heavy atom. The molecular formula is C12H17N3O4S. The van der Waals surface area contributed by atoms with Crippen LogP contribution in [-0.2, 0) is 10.0 Å². The highest BCUT2D eigenvalue weighted by molar-refractivity contribution is 7.89. The Balaban J connectivity index is 2.22. The standard InChI is InChI=1S/C12H17N3O4S/c1-9-8-11(15(16)17)2-3-12(9)20(18,19)14-10-4-6-13-7-5-10/h2-3,8,10,13-14H,4-7H2,1H3. The highest BCUT2D eigenvalue weighted by Gasteiger charge is 2.24. The smallest absolute Gasteiger partial charge is 0.269 e. The van der Waals surface area contributed by atoms with Gasteiger partial charge in [-0.2, -0.15) is 0 Å². The second-order valence-corrected chi connectivity index (χ2v) is 6.53. The largest absolute Gasteiger partial charge is 0.317 e. The molecule has 0 spiro atoms. The molecule has 0 amide bonds. The monoisotopic (exact) mass is 299 g/mol. The van der Waals surface area contributed by atoms with Gasteiger partial charge in [0.1, 0.15) is 0 Å². The minimum absolute atomic E-state index is 0.0872. The lowest BCUT2D eigenvalue weighted by molar-refractivity contribution is -0.385. The molecule has 0 radical (unpaired) electrons. The molecular weight excluding hydrogens is 282 g/mol. The number of aryl methyl sites for hydroxylation is 1. The van der Waals surface area contributed by atoms with E-state index in [0.29, 0.717) is 5.56 Å². The van der Waals surface area contributed by atoms with Crippen molar-refractivity contribution in [1.82, 2.24) is 10.0 Å². The highest BCUT2D eigenvalue weighted by atomic mass is 32.2. The number of nitrogens with zero attached hydrogens (tertiary/aromatic N) is 1. The summed E-state index contributed by atoms with van der Waals surface area (Å²) < 4.78 is 27.3. The van der Waals surface area contributed by atoms with E-state index in [1.807, 2.05) is 0 Å². The topological polar surface area (TPSA) is 101 Å². The molecule has 2 N–H and O–H groups in total. The van der Waals surface area contributed by atoms with Gasteiger partial charge in [0.15, 0.2) is 0 Å². The van der Waals surface area contributed by atoms with E-state index in [4.69, 9.17) is 0 Å². The number of piperidine rings is 1. The molecule has 1 aliphatic rings. The fraction of sp³-hybridized carbons (Fsp3) is 0.500. The van der Waals surface area contributed by atoms with Gasteiger partial charge in [-0.3, -0.25) is 10.1 Å². The minimum Gasteiger partial charge on any atom is -0.317 e. The van der Waals surface area contributed by atoms with Crippen molar-refractivity contribution >= 4 is 15.7 Å². The maximum absolute atomic E-state index is 12.3. The van der Waals surface area contributed by atoms with Gasteiger partial charge in [0, 0.05) is 18.2 Å². The molecule has 1 saturated heterocycles. The van der Waals surface area contributed by atoms with E-state index in [1.165, 1.54) is 18.2 Å². The zero-order valence-corrected chi connectivity index (χ0v) is 11.9. The molecule has 0 atom stereocenters. The lowest BCUT2D eigenvalue weighted by Gasteiger charge is -2.23. The molecule has 1 aromatic carbocycles. The summed E-state index contributed by atoms with van der Waals surface area (Å²) in [5.41, 5.74) is 0.268. The summed E-state index contributed by atoms with van der Waals surface area (Å²) >= 11 is 0. The third-order valence-corrected chi connectivity index (χ3v) is 5.00. The van der Waals surface area contributed by atoms with Crippen LogP contribution in [0.1, 0.15) is 18.4 Å². The summed E-state index contributed by atoms with van der Waals surface area (Å²) in [6, 6.07) is 3.69. The Hall–Kier alpha value is -1.51. The quantitative estimate of drug-likeness (QED) is 0.636. The van der Waals surface area contributed by atoms with E-state index >= 15 is 0 Å². The third-order valence-electron chi connectivity index (χ3n) is 3.32. The maximum atomic E-state index is 12.3. The fourth-order valence-electron chi connectivity index (χ4n) is 2.27. The summed E-state index contributed by atoms with van der Waals surface area (Å²) in [6.07, 6.45) is 1.48. The predicted octanol–water partition coefficient (Wildman–Crippen LogP) is 0.934. The van der Waals surface area contributed by atoms with Crippen LogP contribution in [0.5, 0.6) is 0 Å². The van der Waals surface area contributed by atoms with Gasteiger partial charge in [-0.05, 0) is 44.5 Å². The molecule has 0 aliphatic carbocycles. The van der Waals surface area contributed by atoms with Crippen molar-refractivity contribution in [3.05, 3.63) is 33.9 Å². The van der Waals surface area contributed by atoms with Crippen LogP contribution in [0, 0.1) is 17.0 Å². The molecule has 8 heteroatoms. The summed E-state index contributed by atoms with van der Waals surface area (Å²) in [5.74, 6) is 0. The van der Waals surface area contributed by atoms with Gasteiger partial charge in [-0.1, -0.05) is 0 Å². The second-order valence-electron chi connectivity index (χ2n) is 4.85. The molecule has 0 bridgehead atoms. The minimum atomic E-state index is -3.63. The SMILES string of the molecule is Cc1cc([N+](=O)[O-])ccc1S(=O)(=O)NC1CCNCC1. The van der Waals surface area contributed by atoms with E-state index in [9.17, 15) is 18.5 Å². The first kappa shape index (κ1) is 14.9. The van der Waals surface area contributed by atoms with Gasteiger partial charge >= 0.3 is 0 Å². The van der Waals surface area contributed by atoms with Crippen LogP contribution in [0.2, 0.25) is 0 Å². The summed E-state index contributed by atoms with van der Waals surface area (Å²) in [7, 11) is -3.63. The van der Waals surface area contributed by atoms with Crippen molar-refractivity contribution in [1.29, 1.82) is 0 Å². The summed E-state index contributed by atoms with van der Waals surface area (Å²) in [4.78, 5) is 10.2. The lowest BCUT2D eigenvalue weighted by Crippen LogP contribution is -2.42. The molecule has 0 saturated carbocycles. The van der Waals surface area contributed by atoms with Crippen LogP contribution < -0.4 is 10.0 Å². The van der Waals surface area contributed by atoms with E-state index in [2.05, 4.69) is 10.0 Å². The lowest BCUT2D eigenvalue weighted by atomic mass is 10.1. The Bertz CT molecular complexity index is 609. The van der Waals surface area contributed by atoms with Gasteiger partial charge < -0.3 is 5.32 Å². The molecule has 0 unspecified atom stereocenters. The summed E-state index contributed by atoms with van der Waals surface area (Å²) in [6.45, 7) is 3.13. The number of benzene rings is 1. The van der Waals surface area contributed by atoms with E-state index in [0.717, 1.165) is 25.9 Å². The first-order chi connectivity index (χ1) is 9.40. The van der Waals surface area contributed by atoms with Crippen LogP contribution in [0.4, 0.5) is 5.69 Å². The molecule has 1 heterocycles. The molecule has 0 aromatic heterocycles. The van der Waals surface area contributed by atoms with Crippen molar-refractivity contribution < 1.29 is 13.3 Å². The number of nitro groups is 1. The van der Waals surface area contributed by atoms with Crippen LogP contribution in [0.15, 0.2) is 23.1 Å². The number of hydrogen-bond donors (Lipinski definition) is 2. The number of sulfonamides is 1. The van der Waals surface area contributed by atoms with Gasteiger partial charge in [-0.25, -0.2) is 13.1 Å². The maximum Gasteiger partial charge on any atom is 0.269 e.